The molecule has 0 radical (unpaired) electrons. The van der Waals surface area contributed by atoms with Gasteiger partial charge in [-0.2, -0.15) is 10.8 Å². The van der Waals surface area contributed by atoms with Crippen molar-refractivity contribution in [3.05, 3.63) is 0 Å². The summed E-state index contributed by atoms with van der Waals surface area (Å²) in [5.41, 5.74) is 6.21. The molecule has 16 heavy (non-hydrogen) atoms. The summed E-state index contributed by atoms with van der Waals surface area (Å²) >= 11 is 0. The lowest BCUT2D eigenvalue weighted by Gasteiger charge is -1.66. The Bertz CT molecular complexity index is 481. The Morgan fingerprint density at radius 2 is 1.75 bits per heavy atom. The first-order valence-electron chi connectivity index (χ1n) is 3.39. The molecule has 0 aromatic carbocycles. The van der Waals surface area contributed by atoms with Gasteiger partial charge < -0.3 is 0 Å². The smallest absolute Gasteiger partial charge is 0.154 e. The third-order valence-corrected chi connectivity index (χ3v) is 0.664. The van der Waals surface area contributed by atoms with Crippen LogP contribution in [0.3, 0.4) is 0 Å². The van der Waals surface area contributed by atoms with E-state index in [1.54, 1.807) is 0 Å². The van der Waals surface area contributed by atoms with Crippen LogP contribution in [0, 0.1) is 40.8 Å². The normalized spacial score (nSPS) is 9.94. The zero-order valence-electron chi connectivity index (χ0n) is 7.60. The van der Waals surface area contributed by atoms with Crippen molar-refractivity contribution < 1.29 is 0 Å². The molecule has 0 amide bonds. The van der Waals surface area contributed by atoms with E-state index in [0.29, 0.717) is 0 Å². The lowest BCUT2D eigenvalue weighted by atomic mass is 10.7. The Labute approximate surface area is 89.3 Å². The van der Waals surface area contributed by atoms with Crippen LogP contribution in [0.5, 0.6) is 0 Å². The highest BCUT2D eigenvalue weighted by Crippen LogP contribution is 1.77. The molecule has 76 valence electrons. The largest absolute Gasteiger partial charge is 0.183 e. The molecule has 0 aromatic heterocycles. The van der Waals surface area contributed by atoms with E-state index in [1.807, 2.05) is 12.0 Å². The van der Waals surface area contributed by atoms with Crippen molar-refractivity contribution in [2.75, 3.05) is 0 Å². The summed E-state index contributed by atoms with van der Waals surface area (Å²) in [6.45, 7) is 0. The molecular weight excluding hydrogens is 212 g/mol. The second kappa shape index (κ2) is 11.7. The Hall–Kier alpha value is -3.32. The molecule has 0 atom stereocenters. The van der Waals surface area contributed by atoms with E-state index in [4.69, 9.17) is 10.8 Å². The molecule has 0 spiro atoms. The first-order chi connectivity index (χ1) is 7.91. The van der Waals surface area contributed by atoms with Crippen molar-refractivity contribution >= 4 is 6.21 Å². The van der Waals surface area contributed by atoms with E-state index in [2.05, 4.69) is 53.4 Å². The molecule has 0 saturated heterocycles. The van der Waals surface area contributed by atoms with Crippen LogP contribution in [0.1, 0.15) is 0 Å². The van der Waals surface area contributed by atoms with Gasteiger partial charge in [0, 0.05) is 5.92 Å². The van der Waals surface area contributed by atoms with Gasteiger partial charge in [-0.15, -0.1) is 5.10 Å². The molecule has 0 saturated carbocycles. The van der Waals surface area contributed by atoms with Gasteiger partial charge in [-0.25, -0.2) is 0 Å². The van der Waals surface area contributed by atoms with Crippen molar-refractivity contribution in [3.63, 3.8) is 0 Å². The Kier molecular flexibility index (Phi) is 9.26. The maximum Gasteiger partial charge on any atom is 0.154 e. The number of nitrogens with one attached hydrogen (secondary N) is 1. The molecule has 1 N–H and O–H groups in total. The van der Waals surface area contributed by atoms with Gasteiger partial charge in [0.05, 0.1) is 12.1 Å². The van der Waals surface area contributed by atoms with Crippen molar-refractivity contribution in [2.45, 2.75) is 0 Å². The van der Waals surface area contributed by atoms with Gasteiger partial charge in [0.2, 0.25) is 0 Å². The highest BCUT2D eigenvalue weighted by molar-refractivity contribution is 5.77. The van der Waals surface area contributed by atoms with Gasteiger partial charge in [-0.1, -0.05) is 10.2 Å². The molecule has 0 aliphatic rings. The van der Waals surface area contributed by atoms with Gasteiger partial charge in [0.1, 0.15) is 6.21 Å². The number of nitriles is 1. The fourth-order valence-electron chi connectivity index (χ4n) is 0.290. The number of hydrogen-bond acceptors (Lipinski definition) is 5. The second-order valence-corrected chi connectivity index (χ2v) is 1.51. The minimum absolute atomic E-state index is 1.07. The van der Waals surface area contributed by atoms with Crippen LogP contribution in [0.25, 0.3) is 0 Å². The molecule has 10 heteroatoms. The van der Waals surface area contributed by atoms with Gasteiger partial charge in [0.15, 0.2) is 6.07 Å². The van der Waals surface area contributed by atoms with Crippen LogP contribution < -0.4 is 0 Å². The van der Waals surface area contributed by atoms with Crippen LogP contribution in [0.4, 0.5) is 0 Å². The minimum atomic E-state index is 1.07. The van der Waals surface area contributed by atoms with Gasteiger partial charge in [-0.3, -0.25) is 0 Å². The second-order valence-electron chi connectivity index (χ2n) is 1.51. The minimum Gasteiger partial charge on any atom is -0.183 e. The molecular formula is C6H2N10. The molecule has 0 aromatic rings. The molecule has 10 nitrogen and oxygen atoms in total. The summed E-state index contributed by atoms with van der Waals surface area (Å²) in [6.07, 6.45) is 1.07. The fourth-order valence-corrected chi connectivity index (χ4v) is 0.290. The highest BCUT2D eigenvalue weighted by Gasteiger charge is 1.64. The molecule has 0 fully saturated rings. The summed E-state index contributed by atoms with van der Waals surface area (Å²) < 4.78 is 0. The van der Waals surface area contributed by atoms with Gasteiger partial charge >= 0.3 is 0 Å². The maximum atomic E-state index is 7.98. The molecule has 0 aliphatic heterocycles. The summed E-state index contributed by atoms with van der Waals surface area (Å²) in [5.74, 6) is 4.27. The first kappa shape index (κ1) is 12.7. The fraction of sp³-hybridized carbons (Fsp3) is 0. The van der Waals surface area contributed by atoms with Crippen molar-refractivity contribution in [2.24, 2.45) is 41.4 Å². The molecule has 0 rings (SSSR count). The maximum absolute atomic E-state index is 7.98. The van der Waals surface area contributed by atoms with E-state index < -0.39 is 0 Å². The number of hydrogen-bond donors (Lipinski definition) is 1. The van der Waals surface area contributed by atoms with Gasteiger partial charge in [-0.05, 0) is 32.0 Å². The third-order valence-electron chi connectivity index (χ3n) is 0.664. The Balaban J connectivity index is 3.93. The predicted octanol–water partition coefficient (Wildman–Crippen LogP) is 1.64. The summed E-state index contributed by atoms with van der Waals surface area (Å²) in [7, 11) is 0. The summed E-state index contributed by atoms with van der Waals surface area (Å²) in [6, 6.07) is 5.72. The first-order valence-corrected chi connectivity index (χ1v) is 3.39. The van der Waals surface area contributed by atoms with Crippen LogP contribution in [0.2, 0.25) is 0 Å². The van der Waals surface area contributed by atoms with Crippen LogP contribution >= 0.6 is 0 Å². The average molecular weight is 214 g/mol. The quantitative estimate of drug-likeness (QED) is 0.323. The lowest BCUT2D eigenvalue weighted by Crippen LogP contribution is -1.60. The molecule has 0 aliphatic carbocycles. The van der Waals surface area contributed by atoms with E-state index in [0.717, 1.165) is 6.21 Å². The average Bonchev–Trinajstić information content (AvgIpc) is 2.31. The lowest BCUT2D eigenvalue weighted by molar-refractivity contribution is 0.862. The SMILES string of the molecule is N#CC#C/N=N/N=N/C#C/C=N/N=N/N=N. The predicted molar refractivity (Wildman–Crippen MR) is 49.4 cm³/mol. The molecule has 0 unspecified atom stereocenters. The van der Waals surface area contributed by atoms with Crippen molar-refractivity contribution in [1.82, 2.24) is 0 Å². The number of rotatable bonds is 3. The third kappa shape index (κ3) is 10.7. The summed E-state index contributed by atoms with van der Waals surface area (Å²) in [4.78, 5) is 0. The Morgan fingerprint density at radius 3 is 2.44 bits per heavy atom. The van der Waals surface area contributed by atoms with E-state index in [-0.39, 0.29) is 0 Å². The topological polar surface area (TPSA) is 147 Å². The monoisotopic (exact) mass is 214 g/mol. The van der Waals surface area contributed by atoms with Crippen LogP contribution in [-0.2, 0) is 0 Å². The van der Waals surface area contributed by atoms with E-state index in [9.17, 15) is 0 Å². The van der Waals surface area contributed by atoms with Crippen LogP contribution in [-0.4, -0.2) is 6.21 Å². The standard InChI is InChI=1S/C6H2N10/c7-3-1-4-9-13-14-10-5-2-6-11-15-16-12-8/h6,8H/b11-6+,12-8?,13-9+,14-10+,16-15+. The van der Waals surface area contributed by atoms with Crippen molar-refractivity contribution in [1.29, 1.82) is 10.8 Å². The van der Waals surface area contributed by atoms with Crippen LogP contribution in [0.15, 0.2) is 41.4 Å². The highest BCUT2D eigenvalue weighted by atomic mass is 15.5. The Morgan fingerprint density at radius 1 is 1.00 bits per heavy atom. The van der Waals surface area contributed by atoms with Gasteiger partial charge in [0.25, 0.3) is 0 Å². The number of nitrogens with zero attached hydrogens (tertiary/aromatic N) is 9. The van der Waals surface area contributed by atoms with Crippen molar-refractivity contribution in [3.8, 4) is 30.0 Å². The zero-order valence-corrected chi connectivity index (χ0v) is 7.60. The summed E-state index contributed by atoms with van der Waals surface area (Å²) in [5, 5.41) is 32.2. The van der Waals surface area contributed by atoms with E-state index >= 15 is 0 Å². The molecule has 0 bridgehead atoms. The zero-order chi connectivity index (χ0) is 11.9. The molecule has 0 heterocycles. The van der Waals surface area contributed by atoms with E-state index in [1.165, 1.54) is 6.07 Å².